The van der Waals surface area contributed by atoms with E-state index in [1.165, 1.54) is 24.0 Å². The predicted octanol–water partition coefficient (Wildman–Crippen LogP) is 3.95. The van der Waals surface area contributed by atoms with E-state index in [2.05, 4.69) is 17.1 Å². The van der Waals surface area contributed by atoms with Gasteiger partial charge in [-0.2, -0.15) is 0 Å². The van der Waals surface area contributed by atoms with Crippen molar-refractivity contribution in [3.8, 4) is 5.75 Å². The first-order chi connectivity index (χ1) is 16.9. The smallest absolute Gasteiger partial charge is 0.338 e. The second-order valence-corrected chi connectivity index (χ2v) is 9.43. The summed E-state index contributed by atoms with van der Waals surface area (Å²) in [5.41, 5.74) is 2.54. The molecule has 4 rings (SSSR count). The van der Waals surface area contributed by atoms with Gasteiger partial charge in [0.25, 0.3) is 5.56 Å². The van der Waals surface area contributed by atoms with Crippen molar-refractivity contribution in [2.45, 2.75) is 39.3 Å². The predicted molar refractivity (Wildman–Crippen MR) is 138 cm³/mol. The Bertz CT molecular complexity index is 1460. The number of esters is 1. The molecule has 1 aliphatic rings. The number of carbonyl (C=O) groups excluding carboxylic acids is 1. The van der Waals surface area contributed by atoms with Crippen LogP contribution >= 0.6 is 11.3 Å². The Morgan fingerprint density at radius 2 is 1.86 bits per heavy atom. The van der Waals surface area contributed by atoms with Crippen molar-refractivity contribution in [3.63, 3.8) is 0 Å². The summed E-state index contributed by atoms with van der Waals surface area (Å²) in [6.45, 7) is 5.64. The van der Waals surface area contributed by atoms with Crippen molar-refractivity contribution in [2.75, 3.05) is 7.11 Å². The van der Waals surface area contributed by atoms with Gasteiger partial charge in [-0.25, -0.2) is 9.79 Å². The maximum atomic E-state index is 13.6. The number of hydrogen-bond donors (Lipinski definition) is 0. The zero-order valence-electron chi connectivity index (χ0n) is 20.2. The number of ether oxygens (including phenoxy) is 2. The standard InChI is InChI=1S/C28H28N2O4S/c1-18(2)34-22-16-10-9-15-21(22)25-24(27(32)33-4)19(3)29-28-30(25)26(31)23(35-28)17-11-8-14-20-12-6-5-7-13-20/h5-13,15-18,25H,14H2,1-4H3. The molecule has 0 aliphatic carbocycles. The van der Waals surface area contributed by atoms with Gasteiger partial charge >= 0.3 is 5.97 Å². The van der Waals surface area contributed by atoms with Crippen LogP contribution in [-0.4, -0.2) is 23.8 Å². The van der Waals surface area contributed by atoms with Crippen LogP contribution in [0, 0.1) is 0 Å². The van der Waals surface area contributed by atoms with Crippen LogP contribution in [0.15, 0.2) is 87.8 Å². The largest absolute Gasteiger partial charge is 0.491 e. The monoisotopic (exact) mass is 488 g/mol. The molecule has 35 heavy (non-hydrogen) atoms. The Balaban J connectivity index is 1.83. The van der Waals surface area contributed by atoms with Gasteiger partial charge in [-0.1, -0.05) is 72.0 Å². The Morgan fingerprint density at radius 3 is 2.57 bits per heavy atom. The van der Waals surface area contributed by atoms with Crippen LogP contribution in [-0.2, 0) is 16.0 Å². The molecule has 180 valence electrons. The summed E-state index contributed by atoms with van der Waals surface area (Å²) in [6, 6.07) is 16.9. The van der Waals surface area contributed by atoms with E-state index in [1.807, 2.05) is 68.5 Å². The molecule has 1 unspecified atom stereocenters. The first kappa shape index (κ1) is 24.4. The average molecular weight is 489 g/mol. The maximum Gasteiger partial charge on any atom is 0.338 e. The molecule has 0 spiro atoms. The van der Waals surface area contributed by atoms with Crippen molar-refractivity contribution in [1.82, 2.24) is 4.57 Å². The van der Waals surface area contributed by atoms with E-state index in [-0.39, 0.29) is 11.7 Å². The summed E-state index contributed by atoms with van der Waals surface area (Å²) in [5.74, 6) is 0.0913. The van der Waals surface area contributed by atoms with Crippen molar-refractivity contribution in [3.05, 3.63) is 109 Å². The SMILES string of the molecule is COC(=O)C1=C(C)N=c2sc(=CC=CCc3ccccc3)c(=O)n2C1c1ccccc1OC(C)C. The van der Waals surface area contributed by atoms with Gasteiger partial charge in [0.15, 0.2) is 4.80 Å². The third kappa shape index (κ3) is 5.20. The van der Waals surface area contributed by atoms with Crippen LogP contribution in [0.4, 0.5) is 0 Å². The first-order valence-corrected chi connectivity index (χ1v) is 12.3. The van der Waals surface area contributed by atoms with Crippen LogP contribution < -0.4 is 19.6 Å². The van der Waals surface area contributed by atoms with Crippen molar-refractivity contribution >= 4 is 23.4 Å². The second kappa shape index (κ2) is 10.7. The Morgan fingerprint density at radius 1 is 1.14 bits per heavy atom. The Kier molecular flexibility index (Phi) is 7.46. The molecule has 1 aliphatic heterocycles. The molecule has 0 N–H and O–H groups in total. The number of hydrogen-bond acceptors (Lipinski definition) is 6. The van der Waals surface area contributed by atoms with E-state index in [1.54, 1.807) is 17.6 Å². The van der Waals surface area contributed by atoms with Gasteiger partial charge in [-0.15, -0.1) is 0 Å². The van der Waals surface area contributed by atoms with Gasteiger partial charge in [0.1, 0.15) is 11.8 Å². The maximum absolute atomic E-state index is 13.6. The van der Waals surface area contributed by atoms with Gasteiger partial charge in [-0.05, 0) is 44.9 Å². The summed E-state index contributed by atoms with van der Waals surface area (Å²) < 4.78 is 13.2. The summed E-state index contributed by atoms with van der Waals surface area (Å²) in [6.07, 6.45) is 6.40. The molecule has 3 aromatic rings. The van der Waals surface area contributed by atoms with Crippen LogP contribution in [0.5, 0.6) is 5.75 Å². The summed E-state index contributed by atoms with van der Waals surface area (Å²) in [4.78, 5) is 31.6. The molecule has 0 saturated carbocycles. The third-order valence-electron chi connectivity index (χ3n) is 5.58. The topological polar surface area (TPSA) is 69.9 Å². The average Bonchev–Trinajstić information content (AvgIpc) is 3.16. The van der Waals surface area contributed by atoms with Crippen LogP contribution in [0.1, 0.15) is 37.9 Å². The van der Waals surface area contributed by atoms with Gasteiger partial charge in [-0.3, -0.25) is 9.36 Å². The molecule has 0 amide bonds. The lowest BCUT2D eigenvalue weighted by Crippen LogP contribution is -2.40. The fourth-order valence-electron chi connectivity index (χ4n) is 4.04. The number of rotatable bonds is 7. The quantitative estimate of drug-likeness (QED) is 0.473. The number of nitrogens with zero attached hydrogens (tertiary/aromatic N) is 2. The fourth-order valence-corrected chi connectivity index (χ4v) is 5.04. The highest BCUT2D eigenvalue weighted by Crippen LogP contribution is 2.36. The summed E-state index contributed by atoms with van der Waals surface area (Å²) in [7, 11) is 1.33. The highest BCUT2D eigenvalue weighted by molar-refractivity contribution is 7.07. The molecule has 6 nitrogen and oxygen atoms in total. The molecule has 7 heteroatoms. The molecule has 1 aromatic heterocycles. The molecule has 0 bridgehead atoms. The highest BCUT2D eigenvalue weighted by atomic mass is 32.1. The van der Waals surface area contributed by atoms with Crippen molar-refractivity contribution in [1.29, 1.82) is 0 Å². The fraction of sp³-hybridized carbons (Fsp3) is 0.250. The number of fused-ring (bicyclic) bond motifs is 1. The van der Waals surface area contributed by atoms with E-state index >= 15 is 0 Å². The van der Waals surface area contributed by atoms with Gasteiger partial charge in [0.05, 0.1) is 29.0 Å². The summed E-state index contributed by atoms with van der Waals surface area (Å²) >= 11 is 1.30. The highest BCUT2D eigenvalue weighted by Gasteiger charge is 2.34. The summed E-state index contributed by atoms with van der Waals surface area (Å²) in [5, 5.41) is 0. The lowest BCUT2D eigenvalue weighted by molar-refractivity contribution is -0.136. The molecular weight excluding hydrogens is 460 g/mol. The van der Waals surface area contributed by atoms with Gasteiger partial charge < -0.3 is 9.47 Å². The molecule has 0 saturated heterocycles. The zero-order valence-corrected chi connectivity index (χ0v) is 21.0. The molecule has 1 atom stereocenters. The second-order valence-electron chi connectivity index (χ2n) is 8.42. The first-order valence-electron chi connectivity index (χ1n) is 11.5. The van der Waals surface area contributed by atoms with Crippen molar-refractivity contribution < 1.29 is 14.3 Å². The van der Waals surface area contributed by atoms with E-state index in [9.17, 15) is 9.59 Å². The molecule has 2 aromatic carbocycles. The number of thiazole rings is 1. The lowest BCUT2D eigenvalue weighted by Gasteiger charge is -2.26. The Labute approximate surface area is 208 Å². The van der Waals surface area contributed by atoms with Crippen molar-refractivity contribution in [2.24, 2.45) is 4.99 Å². The normalized spacial score (nSPS) is 15.9. The van der Waals surface area contributed by atoms with Crippen LogP contribution in [0.2, 0.25) is 0 Å². The lowest BCUT2D eigenvalue weighted by atomic mass is 9.95. The van der Waals surface area contributed by atoms with E-state index in [0.29, 0.717) is 31.9 Å². The minimum absolute atomic E-state index is 0.0756. The molecule has 2 heterocycles. The van der Waals surface area contributed by atoms with Gasteiger partial charge in [0, 0.05) is 5.56 Å². The number of para-hydroxylation sites is 1. The number of benzene rings is 2. The molecule has 0 fully saturated rings. The van der Waals surface area contributed by atoms with E-state index < -0.39 is 12.0 Å². The number of aromatic nitrogens is 1. The zero-order chi connectivity index (χ0) is 24.9. The number of carbonyl (C=O) groups is 1. The minimum Gasteiger partial charge on any atom is -0.491 e. The van der Waals surface area contributed by atoms with Crippen LogP contribution in [0.25, 0.3) is 6.08 Å². The number of allylic oxidation sites excluding steroid dienone is 3. The van der Waals surface area contributed by atoms with Gasteiger partial charge in [0.2, 0.25) is 0 Å². The minimum atomic E-state index is -0.705. The van der Waals surface area contributed by atoms with Crippen LogP contribution in [0.3, 0.4) is 0 Å². The Hall–Kier alpha value is -3.71. The van der Waals surface area contributed by atoms with E-state index in [0.717, 1.165) is 6.42 Å². The molecule has 0 radical (unpaired) electrons. The number of methoxy groups -OCH3 is 1. The third-order valence-corrected chi connectivity index (χ3v) is 6.58. The molecular formula is C28H28N2O4S. The van der Waals surface area contributed by atoms with E-state index in [4.69, 9.17) is 9.47 Å².